The summed E-state index contributed by atoms with van der Waals surface area (Å²) in [5.74, 6) is 0.588. The molecular formula is C15H25N. The molecule has 0 aliphatic rings. The van der Waals surface area contributed by atoms with Crippen LogP contribution in [-0.2, 0) is 5.41 Å². The predicted octanol–water partition coefficient (Wildman–Crippen LogP) is 3.73. The largest absolute Gasteiger partial charge is 0.330 e. The van der Waals surface area contributed by atoms with Crippen LogP contribution in [0.25, 0.3) is 0 Å². The van der Waals surface area contributed by atoms with Crippen molar-refractivity contribution in [2.24, 2.45) is 11.7 Å². The number of hydrogen-bond acceptors (Lipinski definition) is 1. The van der Waals surface area contributed by atoms with Gasteiger partial charge < -0.3 is 5.73 Å². The van der Waals surface area contributed by atoms with Gasteiger partial charge in [-0.15, -0.1) is 0 Å². The van der Waals surface area contributed by atoms with Gasteiger partial charge in [-0.3, -0.25) is 0 Å². The van der Waals surface area contributed by atoms with Gasteiger partial charge in [-0.25, -0.2) is 0 Å². The van der Waals surface area contributed by atoms with Crippen LogP contribution in [0.4, 0.5) is 0 Å². The van der Waals surface area contributed by atoms with Crippen molar-refractivity contribution in [1.29, 1.82) is 0 Å². The average Bonchev–Trinajstić information content (AvgIpc) is 2.37. The van der Waals surface area contributed by atoms with E-state index in [4.69, 9.17) is 5.73 Å². The zero-order chi connectivity index (χ0) is 12.0. The maximum Gasteiger partial charge on any atom is -0.00121 e. The highest BCUT2D eigenvalue weighted by Crippen LogP contribution is 2.40. The van der Waals surface area contributed by atoms with Gasteiger partial charge in [-0.05, 0) is 36.3 Å². The second-order valence-electron chi connectivity index (χ2n) is 4.57. The van der Waals surface area contributed by atoms with Crippen molar-refractivity contribution in [3.63, 3.8) is 0 Å². The first-order valence-electron chi connectivity index (χ1n) is 6.50. The summed E-state index contributed by atoms with van der Waals surface area (Å²) in [4.78, 5) is 0. The van der Waals surface area contributed by atoms with Crippen LogP contribution in [0.15, 0.2) is 30.3 Å². The Labute approximate surface area is 100 Å². The molecule has 0 aliphatic heterocycles. The van der Waals surface area contributed by atoms with Gasteiger partial charge in [0.1, 0.15) is 0 Å². The van der Waals surface area contributed by atoms with E-state index < -0.39 is 0 Å². The van der Waals surface area contributed by atoms with Gasteiger partial charge >= 0.3 is 0 Å². The first-order chi connectivity index (χ1) is 7.75. The van der Waals surface area contributed by atoms with Gasteiger partial charge in [-0.1, -0.05) is 57.5 Å². The van der Waals surface area contributed by atoms with E-state index in [0.717, 1.165) is 13.0 Å². The lowest BCUT2D eigenvalue weighted by Gasteiger charge is -2.39. The normalized spacial score (nSPS) is 13.8. The molecule has 16 heavy (non-hydrogen) atoms. The molecule has 1 rings (SSSR count). The Bertz CT molecular complexity index is 284. The Morgan fingerprint density at radius 1 is 1.06 bits per heavy atom. The molecule has 0 aromatic heterocycles. The highest BCUT2D eigenvalue weighted by atomic mass is 14.6. The monoisotopic (exact) mass is 219 g/mol. The summed E-state index contributed by atoms with van der Waals surface area (Å²) >= 11 is 0. The van der Waals surface area contributed by atoms with Crippen LogP contribution in [-0.4, -0.2) is 6.54 Å². The van der Waals surface area contributed by atoms with Crippen molar-refractivity contribution >= 4 is 0 Å². The Morgan fingerprint density at radius 2 is 1.62 bits per heavy atom. The minimum atomic E-state index is 0.269. The summed E-state index contributed by atoms with van der Waals surface area (Å²) in [6.45, 7) is 7.61. The van der Waals surface area contributed by atoms with Crippen molar-refractivity contribution in [3.8, 4) is 0 Å². The van der Waals surface area contributed by atoms with Crippen LogP contribution < -0.4 is 5.73 Å². The molecule has 1 atom stereocenters. The van der Waals surface area contributed by atoms with Gasteiger partial charge in [0.05, 0.1) is 0 Å². The van der Waals surface area contributed by atoms with Crippen LogP contribution in [0, 0.1) is 5.92 Å². The fourth-order valence-corrected chi connectivity index (χ4v) is 3.02. The first-order valence-corrected chi connectivity index (χ1v) is 6.50. The minimum absolute atomic E-state index is 0.269. The molecule has 1 heteroatoms. The fraction of sp³-hybridized carbons (Fsp3) is 0.600. The Balaban J connectivity index is 3.14. The third-order valence-corrected chi connectivity index (χ3v) is 4.17. The first kappa shape index (κ1) is 13.2. The topological polar surface area (TPSA) is 26.0 Å². The Hall–Kier alpha value is -0.820. The van der Waals surface area contributed by atoms with Gasteiger partial charge in [0, 0.05) is 0 Å². The van der Waals surface area contributed by atoms with E-state index in [1.165, 1.54) is 18.4 Å². The average molecular weight is 219 g/mol. The fourth-order valence-electron chi connectivity index (χ4n) is 3.02. The Morgan fingerprint density at radius 3 is 2.00 bits per heavy atom. The van der Waals surface area contributed by atoms with Gasteiger partial charge in [0.15, 0.2) is 0 Å². The lowest BCUT2D eigenvalue weighted by Crippen LogP contribution is -2.38. The van der Waals surface area contributed by atoms with E-state index in [-0.39, 0.29) is 5.41 Å². The van der Waals surface area contributed by atoms with Crippen LogP contribution >= 0.6 is 0 Å². The molecule has 1 nitrogen and oxygen atoms in total. The summed E-state index contributed by atoms with van der Waals surface area (Å²) in [6, 6.07) is 10.9. The molecule has 0 saturated heterocycles. The van der Waals surface area contributed by atoms with Crippen molar-refractivity contribution < 1.29 is 0 Å². The Kier molecular flexibility index (Phi) is 5.01. The van der Waals surface area contributed by atoms with E-state index >= 15 is 0 Å². The molecule has 1 aromatic carbocycles. The molecule has 1 aromatic rings. The van der Waals surface area contributed by atoms with Crippen LogP contribution in [0.2, 0.25) is 0 Å². The highest BCUT2D eigenvalue weighted by Gasteiger charge is 2.35. The smallest absolute Gasteiger partial charge is 0.00121 e. The molecule has 0 spiro atoms. The summed E-state index contributed by atoms with van der Waals surface area (Å²) in [6.07, 6.45) is 3.50. The molecule has 0 amide bonds. The van der Waals surface area contributed by atoms with E-state index in [1.807, 2.05) is 0 Å². The maximum absolute atomic E-state index is 5.96. The van der Waals surface area contributed by atoms with E-state index in [1.54, 1.807) is 0 Å². The molecule has 90 valence electrons. The molecule has 0 radical (unpaired) electrons. The van der Waals surface area contributed by atoms with E-state index in [9.17, 15) is 0 Å². The van der Waals surface area contributed by atoms with Gasteiger partial charge in [-0.2, -0.15) is 0 Å². The molecule has 0 heterocycles. The number of nitrogens with two attached hydrogens (primary N) is 1. The quantitative estimate of drug-likeness (QED) is 0.775. The molecule has 0 bridgehead atoms. The van der Waals surface area contributed by atoms with Crippen LogP contribution in [0.5, 0.6) is 0 Å². The third kappa shape index (κ3) is 2.30. The zero-order valence-corrected chi connectivity index (χ0v) is 10.9. The van der Waals surface area contributed by atoms with E-state index in [2.05, 4.69) is 51.1 Å². The van der Waals surface area contributed by atoms with Gasteiger partial charge in [0.2, 0.25) is 0 Å². The molecule has 2 N–H and O–H groups in total. The zero-order valence-electron chi connectivity index (χ0n) is 10.9. The summed E-state index contributed by atoms with van der Waals surface area (Å²) in [7, 11) is 0. The molecule has 0 aliphatic carbocycles. The van der Waals surface area contributed by atoms with Crippen LogP contribution in [0.1, 0.15) is 45.6 Å². The molecule has 0 fully saturated rings. The second kappa shape index (κ2) is 6.05. The third-order valence-electron chi connectivity index (χ3n) is 4.17. The van der Waals surface area contributed by atoms with Crippen molar-refractivity contribution in [2.45, 2.75) is 45.4 Å². The summed E-state index contributed by atoms with van der Waals surface area (Å²) in [5.41, 5.74) is 7.68. The summed E-state index contributed by atoms with van der Waals surface area (Å²) < 4.78 is 0. The number of hydrogen-bond donors (Lipinski definition) is 1. The molecule has 0 saturated carbocycles. The summed E-state index contributed by atoms with van der Waals surface area (Å²) in [5, 5.41) is 0. The maximum atomic E-state index is 5.96. The highest BCUT2D eigenvalue weighted by molar-refractivity contribution is 5.26. The van der Waals surface area contributed by atoms with Crippen LogP contribution in [0.3, 0.4) is 0 Å². The van der Waals surface area contributed by atoms with Crippen molar-refractivity contribution in [1.82, 2.24) is 0 Å². The van der Waals surface area contributed by atoms with Crippen molar-refractivity contribution in [3.05, 3.63) is 35.9 Å². The van der Waals surface area contributed by atoms with E-state index in [0.29, 0.717) is 5.92 Å². The lowest BCUT2D eigenvalue weighted by atomic mass is 9.65. The number of benzene rings is 1. The second-order valence-corrected chi connectivity index (χ2v) is 4.57. The van der Waals surface area contributed by atoms with Gasteiger partial charge in [0.25, 0.3) is 0 Å². The molecular weight excluding hydrogens is 194 g/mol. The van der Waals surface area contributed by atoms with Crippen molar-refractivity contribution in [2.75, 3.05) is 6.54 Å². The SMILES string of the molecule is CCC(CN)C(CC)(CC)c1ccccc1. The number of rotatable bonds is 6. The minimum Gasteiger partial charge on any atom is -0.330 e. The predicted molar refractivity (Wildman–Crippen MR) is 71.5 cm³/mol. The molecule has 1 unspecified atom stereocenters. The lowest BCUT2D eigenvalue weighted by molar-refractivity contribution is 0.245. The standard InChI is InChI=1S/C15H25N/c1-4-13(12-16)15(5-2,6-3)14-10-8-7-9-11-14/h7-11,13H,4-6,12,16H2,1-3H3.